The van der Waals surface area contributed by atoms with Crippen molar-refractivity contribution in [3.8, 4) is 0 Å². The van der Waals surface area contributed by atoms with Crippen molar-refractivity contribution in [2.24, 2.45) is 0 Å². The average Bonchev–Trinajstić information content (AvgIpc) is 2.47. The Kier molecular flexibility index (Phi) is 2.79. The smallest absolute Gasteiger partial charge is 0.359 e. The average molecular weight is 182 g/mol. The van der Waals surface area contributed by atoms with Gasteiger partial charge in [0.15, 0.2) is 12.0 Å². The van der Waals surface area contributed by atoms with Gasteiger partial charge in [0.25, 0.3) is 0 Å². The number of imidazole rings is 1. The summed E-state index contributed by atoms with van der Waals surface area (Å²) in [6, 6.07) is 0. The van der Waals surface area contributed by atoms with Crippen LogP contribution in [0.3, 0.4) is 0 Å². The fourth-order valence-corrected chi connectivity index (χ4v) is 0.950. The zero-order chi connectivity index (χ0) is 9.84. The van der Waals surface area contributed by atoms with Crippen molar-refractivity contribution in [2.45, 2.75) is 13.8 Å². The monoisotopic (exact) mass is 182 g/mol. The van der Waals surface area contributed by atoms with E-state index in [4.69, 9.17) is 4.74 Å². The minimum absolute atomic E-state index is 0.0503. The molecule has 0 spiro atoms. The third-order valence-electron chi connectivity index (χ3n) is 1.44. The third kappa shape index (κ3) is 1.93. The van der Waals surface area contributed by atoms with Gasteiger partial charge >= 0.3 is 5.97 Å². The molecule has 1 rings (SSSR count). The molecule has 1 N–H and O–H groups in total. The van der Waals surface area contributed by atoms with E-state index in [0.717, 1.165) is 0 Å². The number of H-pyrrole nitrogens is 1. The van der Waals surface area contributed by atoms with Gasteiger partial charge < -0.3 is 9.72 Å². The summed E-state index contributed by atoms with van der Waals surface area (Å²) in [4.78, 5) is 28.1. The van der Waals surface area contributed by atoms with Crippen molar-refractivity contribution in [2.75, 3.05) is 6.61 Å². The van der Waals surface area contributed by atoms with E-state index in [1.54, 1.807) is 13.8 Å². The van der Waals surface area contributed by atoms with Crippen LogP contribution in [0.1, 0.15) is 33.7 Å². The van der Waals surface area contributed by atoms with E-state index in [-0.39, 0.29) is 18.0 Å². The van der Waals surface area contributed by atoms with Crippen LogP contribution in [0, 0.1) is 6.92 Å². The first-order chi connectivity index (χ1) is 6.19. The molecule has 5 heteroatoms. The highest BCUT2D eigenvalue weighted by atomic mass is 16.5. The molecule has 13 heavy (non-hydrogen) atoms. The Balaban J connectivity index is 2.98. The number of aldehydes is 1. The predicted octanol–water partition coefficient (Wildman–Crippen LogP) is 0.707. The molecule has 0 unspecified atom stereocenters. The van der Waals surface area contributed by atoms with Gasteiger partial charge in [-0.05, 0) is 13.8 Å². The molecule has 0 aliphatic rings. The molecule has 0 saturated heterocycles. The fourth-order valence-electron chi connectivity index (χ4n) is 0.950. The van der Waals surface area contributed by atoms with Crippen molar-refractivity contribution >= 4 is 12.3 Å². The van der Waals surface area contributed by atoms with Gasteiger partial charge in [0.1, 0.15) is 11.5 Å². The first-order valence-corrected chi connectivity index (χ1v) is 3.88. The van der Waals surface area contributed by atoms with E-state index in [9.17, 15) is 9.59 Å². The first kappa shape index (κ1) is 9.44. The molecule has 0 aliphatic heterocycles. The van der Waals surface area contributed by atoms with Gasteiger partial charge in [-0.2, -0.15) is 0 Å². The summed E-state index contributed by atoms with van der Waals surface area (Å²) in [6.07, 6.45) is 0.548. The van der Waals surface area contributed by atoms with Crippen LogP contribution >= 0.6 is 0 Å². The van der Waals surface area contributed by atoms with E-state index in [1.807, 2.05) is 0 Å². The van der Waals surface area contributed by atoms with E-state index in [1.165, 1.54) is 0 Å². The number of ether oxygens (including phenoxy) is 1. The van der Waals surface area contributed by atoms with Crippen LogP contribution in [-0.2, 0) is 4.74 Å². The van der Waals surface area contributed by atoms with Gasteiger partial charge in [0.05, 0.1) is 6.61 Å². The van der Waals surface area contributed by atoms with Gasteiger partial charge in [0, 0.05) is 0 Å². The number of carbonyl (C=O) groups excluding carboxylic acids is 2. The summed E-state index contributed by atoms with van der Waals surface area (Å²) < 4.78 is 4.70. The Labute approximate surface area is 75.1 Å². The van der Waals surface area contributed by atoms with E-state index >= 15 is 0 Å². The first-order valence-electron chi connectivity index (χ1n) is 3.88. The maximum absolute atomic E-state index is 11.2. The molecule has 0 aromatic carbocycles. The van der Waals surface area contributed by atoms with Crippen LogP contribution in [-0.4, -0.2) is 28.8 Å². The topological polar surface area (TPSA) is 72.0 Å². The molecule has 0 aliphatic carbocycles. The predicted molar refractivity (Wildman–Crippen MR) is 44.7 cm³/mol. The number of carbonyl (C=O) groups is 2. The molecule has 70 valence electrons. The standard InChI is InChI=1S/C8H10N2O3/c1-3-13-8(12)7-6(4-11)9-5(2)10-7/h4H,3H2,1-2H3,(H,9,10). The van der Waals surface area contributed by atoms with Crippen molar-refractivity contribution in [3.05, 3.63) is 17.2 Å². The lowest BCUT2D eigenvalue weighted by Gasteiger charge is -1.97. The van der Waals surface area contributed by atoms with Crippen LogP contribution < -0.4 is 0 Å². The SMILES string of the molecule is CCOC(=O)c1nc(C)[nH]c1C=O. The number of hydrogen-bond donors (Lipinski definition) is 1. The Morgan fingerprint density at radius 1 is 1.69 bits per heavy atom. The lowest BCUT2D eigenvalue weighted by Crippen LogP contribution is -2.07. The highest BCUT2D eigenvalue weighted by Crippen LogP contribution is 2.04. The number of nitrogens with one attached hydrogen (secondary N) is 1. The van der Waals surface area contributed by atoms with Crippen LogP contribution in [0.15, 0.2) is 0 Å². The molecule has 0 fully saturated rings. The number of rotatable bonds is 3. The Morgan fingerprint density at radius 3 is 2.92 bits per heavy atom. The van der Waals surface area contributed by atoms with Crippen molar-refractivity contribution in [1.82, 2.24) is 9.97 Å². The quantitative estimate of drug-likeness (QED) is 0.552. The molecule has 0 amide bonds. The van der Waals surface area contributed by atoms with Crippen molar-refractivity contribution in [3.63, 3.8) is 0 Å². The zero-order valence-electron chi connectivity index (χ0n) is 7.46. The number of aromatic nitrogens is 2. The second-order valence-corrected chi connectivity index (χ2v) is 2.42. The van der Waals surface area contributed by atoms with E-state index < -0.39 is 5.97 Å². The molecule has 1 aromatic heterocycles. The maximum atomic E-state index is 11.2. The lowest BCUT2D eigenvalue weighted by molar-refractivity contribution is 0.0518. The molecular weight excluding hydrogens is 172 g/mol. The summed E-state index contributed by atoms with van der Waals surface area (Å²) in [7, 11) is 0. The van der Waals surface area contributed by atoms with Crippen LogP contribution in [0.5, 0.6) is 0 Å². The number of hydrogen-bond acceptors (Lipinski definition) is 4. The molecule has 0 bridgehead atoms. The van der Waals surface area contributed by atoms with Gasteiger partial charge in [-0.3, -0.25) is 4.79 Å². The summed E-state index contributed by atoms with van der Waals surface area (Å²) >= 11 is 0. The van der Waals surface area contributed by atoms with Gasteiger partial charge in [-0.25, -0.2) is 9.78 Å². The minimum Gasteiger partial charge on any atom is -0.461 e. The number of aromatic amines is 1. The highest BCUT2D eigenvalue weighted by Gasteiger charge is 2.16. The minimum atomic E-state index is -0.575. The Hall–Kier alpha value is -1.65. The van der Waals surface area contributed by atoms with Crippen molar-refractivity contribution < 1.29 is 14.3 Å². The molecular formula is C8H10N2O3. The molecule has 5 nitrogen and oxygen atoms in total. The molecule has 1 aromatic rings. The largest absolute Gasteiger partial charge is 0.461 e. The zero-order valence-corrected chi connectivity index (χ0v) is 7.46. The van der Waals surface area contributed by atoms with Crippen LogP contribution in [0.2, 0.25) is 0 Å². The second kappa shape index (κ2) is 3.84. The number of esters is 1. The third-order valence-corrected chi connectivity index (χ3v) is 1.44. The number of aryl methyl sites for hydroxylation is 1. The lowest BCUT2D eigenvalue weighted by atomic mass is 10.3. The van der Waals surface area contributed by atoms with Crippen molar-refractivity contribution in [1.29, 1.82) is 0 Å². The molecule has 1 heterocycles. The molecule has 0 radical (unpaired) electrons. The molecule has 0 atom stereocenters. The highest BCUT2D eigenvalue weighted by molar-refractivity contribution is 5.95. The fraction of sp³-hybridized carbons (Fsp3) is 0.375. The second-order valence-electron chi connectivity index (χ2n) is 2.42. The normalized spacial score (nSPS) is 9.69. The van der Waals surface area contributed by atoms with Gasteiger partial charge in [-0.15, -0.1) is 0 Å². The Bertz CT molecular complexity index is 330. The van der Waals surface area contributed by atoms with Crippen LogP contribution in [0.25, 0.3) is 0 Å². The summed E-state index contributed by atoms with van der Waals surface area (Å²) in [5, 5.41) is 0. The summed E-state index contributed by atoms with van der Waals surface area (Å²) in [5.74, 6) is -0.0564. The van der Waals surface area contributed by atoms with E-state index in [0.29, 0.717) is 12.1 Å². The van der Waals surface area contributed by atoms with Gasteiger partial charge in [0.2, 0.25) is 0 Å². The summed E-state index contributed by atoms with van der Waals surface area (Å²) in [5.41, 5.74) is 0.213. The van der Waals surface area contributed by atoms with E-state index in [2.05, 4.69) is 9.97 Å². The Morgan fingerprint density at radius 2 is 2.38 bits per heavy atom. The maximum Gasteiger partial charge on any atom is 0.359 e. The van der Waals surface area contributed by atoms with Crippen LogP contribution in [0.4, 0.5) is 0 Å². The number of nitrogens with zero attached hydrogens (tertiary/aromatic N) is 1. The van der Waals surface area contributed by atoms with Gasteiger partial charge in [-0.1, -0.05) is 0 Å². The summed E-state index contributed by atoms with van der Waals surface area (Å²) in [6.45, 7) is 3.62. The molecule has 0 saturated carbocycles.